The number of hydrogen-bond acceptors (Lipinski definition) is 7. The lowest BCUT2D eigenvalue weighted by Crippen LogP contribution is -2.11. The first-order valence-electron chi connectivity index (χ1n) is 8.51. The molecule has 0 spiro atoms. The van der Waals surface area contributed by atoms with Crippen LogP contribution in [0.5, 0.6) is 0 Å². The van der Waals surface area contributed by atoms with Gasteiger partial charge in [-0.1, -0.05) is 0 Å². The molecule has 140 valence electrons. The predicted molar refractivity (Wildman–Crippen MR) is 108 cm³/mol. The Morgan fingerprint density at radius 1 is 1.04 bits per heavy atom. The molecule has 1 amide bonds. The maximum absolute atomic E-state index is 12.3. The number of nitrogens with one attached hydrogen (secondary N) is 2. The molecule has 0 bridgehead atoms. The fraction of sp³-hybridized carbons (Fsp3) is 0.105. The van der Waals surface area contributed by atoms with Crippen molar-refractivity contribution < 1.29 is 4.79 Å². The topological polar surface area (TPSA) is 97.6 Å². The van der Waals surface area contributed by atoms with Crippen LogP contribution in [0.1, 0.15) is 21.2 Å². The number of rotatable bonds is 5. The van der Waals surface area contributed by atoms with Crippen LogP contribution >= 0.6 is 11.3 Å². The molecule has 0 aliphatic carbocycles. The van der Waals surface area contributed by atoms with E-state index < -0.39 is 0 Å². The van der Waals surface area contributed by atoms with E-state index in [0.29, 0.717) is 16.4 Å². The third-order valence-corrected chi connectivity index (χ3v) is 5.02. The second kappa shape index (κ2) is 7.57. The highest BCUT2D eigenvalue weighted by Gasteiger charge is 2.11. The molecule has 9 heteroatoms. The molecule has 28 heavy (non-hydrogen) atoms. The van der Waals surface area contributed by atoms with Gasteiger partial charge in [-0.3, -0.25) is 9.36 Å². The third-order valence-electron chi connectivity index (χ3n) is 4.09. The third kappa shape index (κ3) is 3.74. The molecule has 3 aromatic heterocycles. The SMILES string of the molecule is Cc1ncsc1C(=O)Nc1ccc(Nc2cc(-n3ccnc3C)ncn2)cc1. The molecule has 0 aliphatic rings. The summed E-state index contributed by atoms with van der Waals surface area (Å²) in [5.74, 6) is 2.09. The Labute approximate surface area is 165 Å². The molecular formula is C19H17N7OS. The first-order chi connectivity index (χ1) is 13.6. The van der Waals surface area contributed by atoms with Crippen LogP contribution in [0.15, 0.2) is 54.6 Å². The zero-order chi connectivity index (χ0) is 19.5. The van der Waals surface area contributed by atoms with E-state index in [1.807, 2.05) is 54.9 Å². The van der Waals surface area contributed by atoms with Crippen LogP contribution < -0.4 is 10.6 Å². The summed E-state index contributed by atoms with van der Waals surface area (Å²) in [6.07, 6.45) is 5.08. The van der Waals surface area contributed by atoms with Crippen LogP contribution in [0, 0.1) is 13.8 Å². The molecule has 0 fully saturated rings. The van der Waals surface area contributed by atoms with Gasteiger partial charge in [0.05, 0.1) is 11.2 Å². The highest BCUT2D eigenvalue weighted by atomic mass is 32.1. The van der Waals surface area contributed by atoms with E-state index in [-0.39, 0.29) is 5.91 Å². The largest absolute Gasteiger partial charge is 0.340 e. The zero-order valence-electron chi connectivity index (χ0n) is 15.2. The molecule has 4 rings (SSSR count). The summed E-state index contributed by atoms with van der Waals surface area (Å²) in [6.45, 7) is 3.73. The van der Waals surface area contributed by atoms with Crippen molar-refractivity contribution in [1.29, 1.82) is 0 Å². The number of aryl methyl sites for hydroxylation is 2. The Morgan fingerprint density at radius 3 is 2.50 bits per heavy atom. The smallest absolute Gasteiger partial charge is 0.267 e. The summed E-state index contributed by atoms with van der Waals surface area (Å²) in [5.41, 5.74) is 3.95. The molecule has 4 aromatic rings. The number of carbonyl (C=O) groups is 1. The van der Waals surface area contributed by atoms with Gasteiger partial charge in [0, 0.05) is 29.8 Å². The summed E-state index contributed by atoms with van der Waals surface area (Å²) >= 11 is 1.33. The van der Waals surface area contributed by atoms with Gasteiger partial charge in [0.25, 0.3) is 5.91 Å². The van der Waals surface area contributed by atoms with Crippen molar-refractivity contribution in [1.82, 2.24) is 24.5 Å². The summed E-state index contributed by atoms with van der Waals surface area (Å²) in [6, 6.07) is 9.26. The van der Waals surface area contributed by atoms with Gasteiger partial charge < -0.3 is 10.6 Å². The van der Waals surface area contributed by atoms with Crippen LogP contribution in [0.25, 0.3) is 5.82 Å². The van der Waals surface area contributed by atoms with Gasteiger partial charge >= 0.3 is 0 Å². The van der Waals surface area contributed by atoms with Crippen LogP contribution in [0.4, 0.5) is 17.2 Å². The molecule has 2 N–H and O–H groups in total. The lowest BCUT2D eigenvalue weighted by Gasteiger charge is -2.09. The van der Waals surface area contributed by atoms with E-state index in [4.69, 9.17) is 0 Å². The first-order valence-corrected chi connectivity index (χ1v) is 9.39. The maximum Gasteiger partial charge on any atom is 0.267 e. The van der Waals surface area contributed by atoms with Gasteiger partial charge in [0.2, 0.25) is 0 Å². The number of anilines is 3. The minimum absolute atomic E-state index is 0.156. The fourth-order valence-corrected chi connectivity index (χ4v) is 3.36. The van der Waals surface area contributed by atoms with E-state index in [1.54, 1.807) is 11.7 Å². The average molecular weight is 391 g/mol. The molecule has 0 saturated heterocycles. The van der Waals surface area contributed by atoms with Gasteiger partial charge in [-0.2, -0.15) is 0 Å². The number of amides is 1. The fourth-order valence-electron chi connectivity index (χ4n) is 2.66. The summed E-state index contributed by atoms with van der Waals surface area (Å²) in [4.78, 5) is 29.7. The lowest BCUT2D eigenvalue weighted by molar-refractivity contribution is 0.103. The monoisotopic (exact) mass is 391 g/mol. The summed E-state index contributed by atoms with van der Waals surface area (Å²) in [5, 5.41) is 6.12. The predicted octanol–water partition coefficient (Wildman–Crippen LogP) is 3.73. The second-order valence-corrected chi connectivity index (χ2v) is 6.88. The van der Waals surface area contributed by atoms with Crippen molar-refractivity contribution in [3.8, 4) is 5.82 Å². The molecule has 0 radical (unpaired) electrons. The zero-order valence-corrected chi connectivity index (χ0v) is 16.1. The summed E-state index contributed by atoms with van der Waals surface area (Å²) in [7, 11) is 0. The van der Waals surface area contributed by atoms with Gasteiger partial charge in [0.1, 0.15) is 28.7 Å². The average Bonchev–Trinajstić information content (AvgIpc) is 3.31. The second-order valence-electron chi connectivity index (χ2n) is 6.03. The highest BCUT2D eigenvalue weighted by Crippen LogP contribution is 2.20. The van der Waals surface area contributed by atoms with Crippen molar-refractivity contribution in [2.45, 2.75) is 13.8 Å². The van der Waals surface area contributed by atoms with E-state index in [2.05, 4.69) is 30.6 Å². The van der Waals surface area contributed by atoms with E-state index >= 15 is 0 Å². The van der Waals surface area contributed by atoms with Gasteiger partial charge in [-0.25, -0.2) is 19.9 Å². The van der Waals surface area contributed by atoms with E-state index in [9.17, 15) is 4.79 Å². The lowest BCUT2D eigenvalue weighted by atomic mass is 10.2. The van der Waals surface area contributed by atoms with Crippen molar-refractivity contribution in [3.63, 3.8) is 0 Å². The van der Waals surface area contributed by atoms with Crippen LogP contribution in [0.2, 0.25) is 0 Å². The Balaban J connectivity index is 1.46. The van der Waals surface area contributed by atoms with Gasteiger partial charge in [-0.05, 0) is 38.1 Å². The quantitative estimate of drug-likeness (QED) is 0.538. The summed E-state index contributed by atoms with van der Waals surface area (Å²) < 4.78 is 1.88. The maximum atomic E-state index is 12.3. The highest BCUT2D eigenvalue weighted by molar-refractivity contribution is 7.12. The minimum atomic E-state index is -0.156. The number of aromatic nitrogens is 5. The van der Waals surface area contributed by atoms with Crippen molar-refractivity contribution in [2.75, 3.05) is 10.6 Å². The standard InChI is InChI=1S/C19H17N7OS/c1-12-18(28-11-23-12)19(27)25-15-5-3-14(4-6-15)24-16-9-17(22-10-21-16)26-8-7-20-13(26)2/h3-11H,1-2H3,(H,25,27)(H,21,22,24). The number of benzene rings is 1. The Kier molecular flexibility index (Phi) is 4.81. The van der Waals surface area contributed by atoms with Crippen LogP contribution in [0.3, 0.4) is 0 Å². The molecule has 0 unspecified atom stereocenters. The minimum Gasteiger partial charge on any atom is -0.340 e. The van der Waals surface area contributed by atoms with Gasteiger partial charge in [0.15, 0.2) is 0 Å². The Morgan fingerprint density at radius 2 is 1.82 bits per heavy atom. The molecule has 0 atom stereocenters. The number of hydrogen-bond donors (Lipinski definition) is 2. The van der Waals surface area contributed by atoms with Crippen molar-refractivity contribution in [3.05, 3.63) is 71.0 Å². The number of imidazole rings is 1. The van der Waals surface area contributed by atoms with Crippen LogP contribution in [-0.2, 0) is 0 Å². The molecule has 8 nitrogen and oxygen atoms in total. The molecule has 1 aromatic carbocycles. The Bertz CT molecular complexity index is 1120. The number of carbonyl (C=O) groups excluding carboxylic acids is 1. The molecule has 3 heterocycles. The normalized spacial score (nSPS) is 10.6. The molecule has 0 aliphatic heterocycles. The van der Waals surface area contributed by atoms with Gasteiger partial charge in [-0.15, -0.1) is 11.3 Å². The number of thiazole rings is 1. The van der Waals surface area contributed by atoms with E-state index in [1.165, 1.54) is 17.7 Å². The molecule has 0 saturated carbocycles. The number of nitrogens with zero attached hydrogens (tertiary/aromatic N) is 5. The van der Waals surface area contributed by atoms with Crippen molar-refractivity contribution >= 4 is 34.4 Å². The molecular weight excluding hydrogens is 374 g/mol. The Hall–Kier alpha value is -3.59. The first kappa shape index (κ1) is 17.8. The van der Waals surface area contributed by atoms with E-state index in [0.717, 1.165) is 23.0 Å². The van der Waals surface area contributed by atoms with Crippen molar-refractivity contribution in [2.24, 2.45) is 0 Å². The van der Waals surface area contributed by atoms with Crippen LogP contribution in [-0.4, -0.2) is 30.4 Å².